The van der Waals surface area contributed by atoms with Crippen molar-refractivity contribution >= 4 is 22.6 Å². The van der Waals surface area contributed by atoms with Gasteiger partial charge in [0.1, 0.15) is 9.80 Å². The third-order valence-corrected chi connectivity index (χ3v) is 2.49. The maximum Gasteiger partial charge on any atom is 0.124 e. The molecule has 1 unspecified atom stereocenters. The molecule has 13 heavy (non-hydrogen) atoms. The first-order chi connectivity index (χ1) is 6.36. The van der Waals surface area contributed by atoms with Crippen LogP contribution in [0.3, 0.4) is 0 Å². The molecule has 0 aliphatic carbocycles. The molecule has 70 valence electrons. The van der Waals surface area contributed by atoms with Gasteiger partial charge in [-0.25, -0.2) is 0 Å². The smallest absolute Gasteiger partial charge is 0.124 e. The molecular formula is C8H10IN3O. The molecule has 0 aromatic carbocycles. The minimum Gasteiger partial charge on any atom is -0.369 e. The number of rotatable bonds is 1. The molecule has 4 nitrogen and oxygen atoms in total. The van der Waals surface area contributed by atoms with E-state index >= 15 is 0 Å². The van der Waals surface area contributed by atoms with Gasteiger partial charge < -0.3 is 10.1 Å². The zero-order chi connectivity index (χ0) is 9.10. The van der Waals surface area contributed by atoms with E-state index < -0.39 is 0 Å². The van der Waals surface area contributed by atoms with Crippen molar-refractivity contribution in [3.05, 3.63) is 21.5 Å². The van der Waals surface area contributed by atoms with Crippen LogP contribution in [0.25, 0.3) is 0 Å². The number of morpholine rings is 1. The zero-order valence-corrected chi connectivity index (χ0v) is 9.19. The van der Waals surface area contributed by atoms with Gasteiger partial charge in [0.2, 0.25) is 0 Å². The van der Waals surface area contributed by atoms with Crippen LogP contribution in [0.4, 0.5) is 0 Å². The summed E-state index contributed by atoms with van der Waals surface area (Å²) in [6.07, 6.45) is 0.0678. The Hall–Kier alpha value is -0.270. The molecule has 1 aromatic rings. The van der Waals surface area contributed by atoms with Gasteiger partial charge in [-0.1, -0.05) is 0 Å². The molecule has 2 rings (SSSR count). The van der Waals surface area contributed by atoms with Gasteiger partial charge in [0, 0.05) is 13.1 Å². The zero-order valence-electron chi connectivity index (χ0n) is 7.03. The van der Waals surface area contributed by atoms with Gasteiger partial charge in [-0.3, -0.25) is 0 Å². The molecule has 1 fully saturated rings. The lowest BCUT2D eigenvalue weighted by atomic mass is 10.2. The molecule has 1 aliphatic rings. The minimum atomic E-state index is 0.0678. The van der Waals surface area contributed by atoms with E-state index in [-0.39, 0.29) is 6.10 Å². The van der Waals surface area contributed by atoms with Crippen molar-refractivity contribution in [2.24, 2.45) is 0 Å². The Morgan fingerprint density at radius 1 is 1.46 bits per heavy atom. The van der Waals surface area contributed by atoms with Crippen molar-refractivity contribution in [2.45, 2.75) is 6.10 Å². The summed E-state index contributed by atoms with van der Waals surface area (Å²) in [7, 11) is 0. The molecule has 0 amide bonds. The molecule has 0 bridgehead atoms. The highest BCUT2D eigenvalue weighted by Gasteiger charge is 2.16. The van der Waals surface area contributed by atoms with Crippen molar-refractivity contribution in [3.8, 4) is 0 Å². The Balaban J connectivity index is 2.10. The summed E-state index contributed by atoms with van der Waals surface area (Å²) in [6.45, 7) is 2.50. The molecular weight excluding hydrogens is 281 g/mol. The average molecular weight is 291 g/mol. The average Bonchev–Trinajstić information content (AvgIpc) is 2.20. The molecule has 1 N–H and O–H groups in total. The van der Waals surface area contributed by atoms with Crippen molar-refractivity contribution in [1.29, 1.82) is 0 Å². The molecule has 0 saturated carbocycles. The van der Waals surface area contributed by atoms with Crippen LogP contribution in [0.15, 0.2) is 12.1 Å². The second kappa shape index (κ2) is 4.30. The molecule has 1 saturated heterocycles. The summed E-state index contributed by atoms with van der Waals surface area (Å²) < 4.78 is 6.44. The monoisotopic (exact) mass is 291 g/mol. The summed E-state index contributed by atoms with van der Waals surface area (Å²) in [4.78, 5) is 0. The standard InChI is InChI=1S/C8H10IN3O/c9-8-2-1-6(11-12-8)7-5-10-3-4-13-7/h1-2,7,10H,3-5H2. The van der Waals surface area contributed by atoms with Gasteiger partial charge in [0.25, 0.3) is 0 Å². The summed E-state index contributed by atoms with van der Waals surface area (Å²) in [5.74, 6) is 0. The van der Waals surface area contributed by atoms with Gasteiger partial charge in [-0.2, -0.15) is 5.10 Å². The van der Waals surface area contributed by atoms with E-state index in [0.717, 1.165) is 29.1 Å². The lowest BCUT2D eigenvalue weighted by Crippen LogP contribution is -2.33. The Bertz CT molecular complexity index is 271. The van der Waals surface area contributed by atoms with Gasteiger partial charge >= 0.3 is 0 Å². The van der Waals surface area contributed by atoms with Crippen LogP contribution in [0, 0.1) is 3.70 Å². The van der Waals surface area contributed by atoms with E-state index in [9.17, 15) is 0 Å². The quantitative estimate of drug-likeness (QED) is 0.775. The third kappa shape index (κ3) is 2.35. The molecule has 1 aliphatic heterocycles. The van der Waals surface area contributed by atoms with Crippen LogP contribution in [-0.4, -0.2) is 29.9 Å². The lowest BCUT2D eigenvalue weighted by Gasteiger charge is -2.22. The maximum absolute atomic E-state index is 5.54. The Labute approximate surface area is 90.2 Å². The van der Waals surface area contributed by atoms with E-state index in [1.165, 1.54) is 0 Å². The van der Waals surface area contributed by atoms with Crippen LogP contribution in [0.2, 0.25) is 0 Å². The Morgan fingerprint density at radius 2 is 2.38 bits per heavy atom. The summed E-state index contributed by atoms with van der Waals surface area (Å²) in [5, 5.41) is 11.3. The number of aromatic nitrogens is 2. The fourth-order valence-corrected chi connectivity index (χ4v) is 1.54. The van der Waals surface area contributed by atoms with Crippen molar-refractivity contribution in [3.63, 3.8) is 0 Å². The number of hydrogen-bond donors (Lipinski definition) is 1. The number of ether oxygens (including phenoxy) is 1. The van der Waals surface area contributed by atoms with E-state index in [1.807, 2.05) is 12.1 Å². The van der Waals surface area contributed by atoms with Crippen LogP contribution < -0.4 is 5.32 Å². The highest BCUT2D eigenvalue weighted by atomic mass is 127. The first-order valence-electron chi connectivity index (χ1n) is 4.18. The number of nitrogens with one attached hydrogen (secondary N) is 1. The Morgan fingerprint density at radius 3 is 3.00 bits per heavy atom. The molecule has 1 atom stereocenters. The summed E-state index contributed by atoms with van der Waals surface area (Å²) in [5.41, 5.74) is 0.910. The maximum atomic E-state index is 5.54. The highest BCUT2D eigenvalue weighted by molar-refractivity contribution is 14.1. The van der Waals surface area contributed by atoms with Gasteiger partial charge in [-0.15, -0.1) is 5.10 Å². The summed E-state index contributed by atoms with van der Waals surface area (Å²) >= 11 is 2.14. The number of hydrogen-bond acceptors (Lipinski definition) is 4. The van der Waals surface area contributed by atoms with E-state index in [2.05, 4.69) is 38.1 Å². The first kappa shape index (κ1) is 9.29. The first-order valence-corrected chi connectivity index (χ1v) is 5.25. The predicted octanol–water partition coefficient (Wildman–Crippen LogP) is 0.742. The molecule has 1 aromatic heterocycles. The predicted molar refractivity (Wildman–Crippen MR) is 56.3 cm³/mol. The van der Waals surface area contributed by atoms with Crippen LogP contribution in [-0.2, 0) is 4.74 Å². The van der Waals surface area contributed by atoms with Crippen molar-refractivity contribution < 1.29 is 4.74 Å². The van der Waals surface area contributed by atoms with Crippen LogP contribution >= 0.6 is 22.6 Å². The van der Waals surface area contributed by atoms with E-state index in [4.69, 9.17) is 4.74 Å². The number of halogens is 1. The highest BCUT2D eigenvalue weighted by Crippen LogP contribution is 2.15. The number of nitrogens with zero attached hydrogens (tertiary/aromatic N) is 2. The molecule has 0 spiro atoms. The van der Waals surface area contributed by atoms with Crippen LogP contribution in [0.1, 0.15) is 11.8 Å². The molecule has 2 heterocycles. The van der Waals surface area contributed by atoms with Crippen molar-refractivity contribution in [1.82, 2.24) is 15.5 Å². The second-order valence-corrected chi connectivity index (χ2v) is 3.95. The van der Waals surface area contributed by atoms with E-state index in [1.54, 1.807) is 0 Å². The van der Waals surface area contributed by atoms with Crippen LogP contribution in [0.5, 0.6) is 0 Å². The summed E-state index contributed by atoms with van der Waals surface area (Å²) in [6, 6.07) is 3.91. The topological polar surface area (TPSA) is 47.0 Å². The molecule has 0 radical (unpaired) electrons. The van der Waals surface area contributed by atoms with Gasteiger partial charge in [0.15, 0.2) is 0 Å². The fourth-order valence-electron chi connectivity index (χ4n) is 1.25. The minimum absolute atomic E-state index is 0.0678. The second-order valence-electron chi connectivity index (χ2n) is 2.84. The normalized spacial score (nSPS) is 23.0. The molecule has 5 heteroatoms. The van der Waals surface area contributed by atoms with Gasteiger partial charge in [0.05, 0.1) is 12.3 Å². The fraction of sp³-hybridized carbons (Fsp3) is 0.500. The van der Waals surface area contributed by atoms with E-state index in [0.29, 0.717) is 0 Å². The van der Waals surface area contributed by atoms with Crippen molar-refractivity contribution in [2.75, 3.05) is 19.7 Å². The van der Waals surface area contributed by atoms with Gasteiger partial charge in [-0.05, 0) is 34.7 Å². The largest absolute Gasteiger partial charge is 0.369 e. The third-order valence-electron chi connectivity index (χ3n) is 1.91. The Kier molecular flexibility index (Phi) is 3.07. The lowest BCUT2D eigenvalue weighted by molar-refractivity contribution is 0.0244. The SMILES string of the molecule is Ic1ccc(C2CNCCO2)nn1.